The van der Waals surface area contributed by atoms with Gasteiger partial charge in [-0.25, -0.2) is 14.2 Å². The Labute approximate surface area is 181 Å². The lowest BCUT2D eigenvalue weighted by molar-refractivity contribution is -0.137. The fraction of sp³-hybridized carbons (Fsp3) is 0.200. The van der Waals surface area contributed by atoms with Crippen molar-refractivity contribution < 1.29 is 31.6 Å². The number of nitrogens with zero attached hydrogens (tertiary/aromatic N) is 2. The summed E-state index contributed by atoms with van der Waals surface area (Å²) in [6.07, 6.45) is -1.34. The SMILES string of the molecule is O=Cc1nc(-c2ccc(C(F)(F)F)cc2)sc1COC1=CC(F)C(c2noc(=O)[nH]2)C=C1. The van der Waals surface area contributed by atoms with E-state index < -0.39 is 29.6 Å². The molecule has 1 aliphatic carbocycles. The minimum atomic E-state index is -4.45. The van der Waals surface area contributed by atoms with Gasteiger partial charge in [-0.05, 0) is 24.3 Å². The molecule has 0 aliphatic heterocycles. The molecule has 0 spiro atoms. The summed E-state index contributed by atoms with van der Waals surface area (Å²) in [7, 11) is 0. The Hall–Kier alpha value is -3.54. The van der Waals surface area contributed by atoms with Gasteiger partial charge in [-0.1, -0.05) is 23.4 Å². The molecule has 0 radical (unpaired) electrons. The van der Waals surface area contributed by atoms with E-state index in [2.05, 4.69) is 19.6 Å². The van der Waals surface area contributed by atoms with E-state index in [4.69, 9.17) is 4.74 Å². The Morgan fingerprint density at radius 3 is 2.59 bits per heavy atom. The number of aromatic amines is 1. The van der Waals surface area contributed by atoms with Gasteiger partial charge in [0.2, 0.25) is 0 Å². The number of alkyl halides is 4. The van der Waals surface area contributed by atoms with Crippen molar-refractivity contribution in [3.05, 3.63) is 80.8 Å². The normalized spacial score (nSPS) is 18.4. The molecule has 0 bridgehead atoms. The van der Waals surface area contributed by atoms with E-state index in [1.165, 1.54) is 30.4 Å². The van der Waals surface area contributed by atoms with E-state index in [0.717, 1.165) is 23.5 Å². The van der Waals surface area contributed by atoms with Crippen LogP contribution >= 0.6 is 11.3 Å². The maximum atomic E-state index is 14.4. The first kappa shape index (κ1) is 21.7. The standard InChI is InChI=1S/C20H13F4N3O4S/c21-14-7-12(5-6-13(14)17-26-19(29)31-27-17)30-9-16-15(8-28)25-18(32-16)10-1-3-11(4-2-10)20(22,23)24/h1-8,13-14H,9H2,(H,26,27,29). The van der Waals surface area contributed by atoms with Gasteiger partial charge in [-0.2, -0.15) is 13.2 Å². The van der Waals surface area contributed by atoms with Gasteiger partial charge in [0.25, 0.3) is 0 Å². The van der Waals surface area contributed by atoms with Crippen LogP contribution in [0.25, 0.3) is 10.6 Å². The minimum Gasteiger partial charge on any atom is -0.488 e. The molecule has 1 N–H and O–H groups in total. The number of halogens is 4. The quantitative estimate of drug-likeness (QED) is 0.426. The van der Waals surface area contributed by atoms with Crippen molar-refractivity contribution in [2.75, 3.05) is 0 Å². The summed E-state index contributed by atoms with van der Waals surface area (Å²) in [5.41, 5.74) is -0.288. The van der Waals surface area contributed by atoms with Crippen LogP contribution in [0.3, 0.4) is 0 Å². The molecular weight excluding hydrogens is 454 g/mol. The molecule has 0 saturated heterocycles. The van der Waals surface area contributed by atoms with Crippen LogP contribution in [0.4, 0.5) is 17.6 Å². The van der Waals surface area contributed by atoms with Gasteiger partial charge in [-0.15, -0.1) is 11.3 Å². The topological polar surface area (TPSA) is 98.1 Å². The molecule has 12 heteroatoms. The summed E-state index contributed by atoms with van der Waals surface area (Å²) in [5.74, 6) is -1.39. The van der Waals surface area contributed by atoms with Gasteiger partial charge in [0.1, 0.15) is 29.2 Å². The van der Waals surface area contributed by atoms with Crippen LogP contribution < -0.4 is 5.76 Å². The zero-order chi connectivity index (χ0) is 22.9. The van der Waals surface area contributed by atoms with Crippen molar-refractivity contribution in [3.8, 4) is 10.6 Å². The number of ether oxygens (including phenoxy) is 1. The first-order valence-electron chi connectivity index (χ1n) is 9.10. The average molecular weight is 467 g/mol. The van der Waals surface area contributed by atoms with Crippen molar-refractivity contribution in [1.29, 1.82) is 0 Å². The van der Waals surface area contributed by atoms with Crippen molar-refractivity contribution in [3.63, 3.8) is 0 Å². The van der Waals surface area contributed by atoms with E-state index in [1.807, 2.05) is 0 Å². The largest absolute Gasteiger partial charge is 0.488 e. The third-order valence-corrected chi connectivity index (χ3v) is 5.67. The van der Waals surface area contributed by atoms with E-state index in [-0.39, 0.29) is 23.9 Å². The fourth-order valence-electron chi connectivity index (χ4n) is 2.98. The highest BCUT2D eigenvalue weighted by molar-refractivity contribution is 7.15. The Morgan fingerprint density at radius 1 is 1.25 bits per heavy atom. The number of nitrogens with one attached hydrogen (secondary N) is 1. The summed E-state index contributed by atoms with van der Waals surface area (Å²) in [4.78, 5) is 29.3. The average Bonchev–Trinajstić information content (AvgIpc) is 3.38. The predicted octanol–water partition coefficient (Wildman–Crippen LogP) is 4.41. The van der Waals surface area contributed by atoms with E-state index >= 15 is 0 Å². The highest BCUT2D eigenvalue weighted by Crippen LogP contribution is 2.34. The molecule has 4 rings (SSSR count). The molecule has 7 nitrogen and oxygen atoms in total. The van der Waals surface area contributed by atoms with Crippen LogP contribution in [-0.2, 0) is 17.5 Å². The van der Waals surface area contributed by atoms with Crippen LogP contribution in [0.5, 0.6) is 0 Å². The maximum Gasteiger partial charge on any atom is 0.438 e. The second kappa shape index (κ2) is 8.54. The van der Waals surface area contributed by atoms with Gasteiger partial charge in [0, 0.05) is 5.56 Å². The van der Waals surface area contributed by atoms with Crippen LogP contribution in [0, 0.1) is 0 Å². The molecule has 2 heterocycles. The monoisotopic (exact) mass is 467 g/mol. The van der Waals surface area contributed by atoms with E-state index in [0.29, 0.717) is 21.7 Å². The van der Waals surface area contributed by atoms with Crippen LogP contribution in [0.15, 0.2) is 57.6 Å². The summed E-state index contributed by atoms with van der Waals surface area (Å²) in [6.45, 7) is -0.0965. The Balaban J connectivity index is 1.46. The molecule has 1 aromatic carbocycles. The molecule has 32 heavy (non-hydrogen) atoms. The first-order chi connectivity index (χ1) is 15.2. The number of hydrogen-bond acceptors (Lipinski definition) is 7. The molecule has 0 amide bonds. The lowest BCUT2D eigenvalue weighted by Crippen LogP contribution is -2.16. The molecule has 0 saturated carbocycles. The number of hydrogen-bond donors (Lipinski definition) is 1. The number of H-pyrrole nitrogens is 1. The van der Waals surface area contributed by atoms with Crippen molar-refractivity contribution in [2.45, 2.75) is 24.9 Å². The van der Waals surface area contributed by atoms with Crippen LogP contribution in [0.1, 0.15) is 32.7 Å². The Morgan fingerprint density at radius 2 is 2.00 bits per heavy atom. The van der Waals surface area contributed by atoms with E-state index in [9.17, 15) is 27.2 Å². The molecule has 0 fully saturated rings. The lowest BCUT2D eigenvalue weighted by Gasteiger charge is -2.17. The number of carbonyl (C=O) groups is 1. The lowest BCUT2D eigenvalue weighted by atomic mass is 9.97. The number of aldehydes is 1. The summed E-state index contributed by atoms with van der Waals surface area (Å²) in [5, 5.41) is 3.82. The number of thiazole rings is 1. The predicted molar refractivity (Wildman–Crippen MR) is 105 cm³/mol. The molecular formula is C20H13F4N3O4S. The fourth-order valence-corrected chi connectivity index (χ4v) is 3.92. The third kappa shape index (κ3) is 4.54. The van der Waals surface area contributed by atoms with Gasteiger partial charge in [0.05, 0.1) is 16.4 Å². The molecule has 166 valence electrons. The Kier molecular flexibility index (Phi) is 5.78. The summed E-state index contributed by atoms with van der Waals surface area (Å²) >= 11 is 1.08. The zero-order valence-electron chi connectivity index (χ0n) is 15.9. The van der Waals surface area contributed by atoms with Crippen molar-refractivity contribution in [2.24, 2.45) is 0 Å². The highest BCUT2D eigenvalue weighted by atomic mass is 32.1. The number of rotatable bonds is 6. The molecule has 3 aromatic rings. The molecule has 2 atom stereocenters. The Bertz CT molecular complexity index is 1240. The first-order valence-corrected chi connectivity index (χ1v) is 9.91. The molecule has 2 aromatic heterocycles. The van der Waals surface area contributed by atoms with Crippen LogP contribution in [-0.4, -0.2) is 27.6 Å². The maximum absolute atomic E-state index is 14.4. The smallest absolute Gasteiger partial charge is 0.438 e. The number of allylic oxidation sites excluding steroid dienone is 3. The van der Waals surface area contributed by atoms with Gasteiger partial charge in [-0.3, -0.25) is 14.3 Å². The molecule has 2 unspecified atom stereocenters. The van der Waals surface area contributed by atoms with Gasteiger partial charge >= 0.3 is 11.9 Å². The van der Waals surface area contributed by atoms with Gasteiger partial charge in [0.15, 0.2) is 12.1 Å². The van der Waals surface area contributed by atoms with Crippen molar-refractivity contribution in [1.82, 2.24) is 15.1 Å². The number of carbonyl (C=O) groups excluding carboxylic acids is 1. The second-order valence-corrected chi connectivity index (χ2v) is 7.77. The molecule has 1 aliphatic rings. The number of aromatic nitrogens is 3. The zero-order valence-corrected chi connectivity index (χ0v) is 16.7. The summed E-state index contributed by atoms with van der Waals surface area (Å²) < 4.78 is 62.6. The highest BCUT2D eigenvalue weighted by Gasteiger charge is 2.30. The third-order valence-electron chi connectivity index (χ3n) is 4.58. The van der Waals surface area contributed by atoms with E-state index in [1.54, 1.807) is 0 Å². The second-order valence-electron chi connectivity index (χ2n) is 6.69. The van der Waals surface area contributed by atoms with Crippen LogP contribution in [0.2, 0.25) is 0 Å². The summed E-state index contributed by atoms with van der Waals surface area (Å²) in [6, 6.07) is 4.42. The minimum absolute atomic E-state index is 0.0425. The van der Waals surface area contributed by atoms with Crippen molar-refractivity contribution >= 4 is 17.6 Å². The number of benzene rings is 1. The van der Waals surface area contributed by atoms with Gasteiger partial charge < -0.3 is 4.74 Å².